The van der Waals surface area contributed by atoms with Gasteiger partial charge in [0, 0.05) is 13.8 Å². The predicted molar refractivity (Wildman–Crippen MR) is 59.7 cm³/mol. The molecule has 0 aliphatic rings. The second-order valence-corrected chi connectivity index (χ2v) is 3.31. The maximum atomic E-state index is 11.1. The molecule has 1 unspecified atom stereocenters. The maximum Gasteiger partial charge on any atom is 0.305 e. The summed E-state index contributed by atoms with van der Waals surface area (Å²) in [6, 6.07) is -0.603. The summed E-state index contributed by atoms with van der Waals surface area (Å²) in [5, 5.41) is 2.52. The summed E-state index contributed by atoms with van der Waals surface area (Å²) in [6.45, 7) is 7.45. The number of nitrogens with one attached hydrogen (secondary N) is 1. The molecule has 0 saturated carbocycles. The van der Waals surface area contributed by atoms with Gasteiger partial charge in [0.2, 0.25) is 5.91 Å². The molecule has 0 bridgehead atoms. The quantitative estimate of drug-likeness (QED) is 0.418. The summed E-state index contributed by atoms with van der Waals surface area (Å²) in [6.07, 6.45) is 0.394. The highest BCUT2D eigenvalue weighted by molar-refractivity contribution is 5.87. The Morgan fingerprint density at radius 3 is 2.00 bits per heavy atom. The molecule has 0 fully saturated rings. The second kappa shape index (κ2) is 7.43. The van der Waals surface area contributed by atoms with Crippen LogP contribution in [-0.4, -0.2) is 30.2 Å². The van der Waals surface area contributed by atoms with E-state index in [1.165, 1.54) is 13.8 Å². The van der Waals surface area contributed by atoms with Crippen LogP contribution in [0.5, 0.6) is 0 Å². The fraction of sp³-hybridized carbons (Fsp3) is 0.545. The van der Waals surface area contributed by atoms with Gasteiger partial charge in [-0.3, -0.25) is 14.4 Å². The van der Waals surface area contributed by atoms with Crippen LogP contribution >= 0.6 is 0 Å². The van der Waals surface area contributed by atoms with Crippen LogP contribution < -0.4 is 5.32 Å². The minimum absolute atomic E-state index is 0.429. The Hall–Kier alpha value is -1.85. The minimum Gasteiger partial charge on any atom is -0.423 e. The standard InChI is InChI=1S/C11H17NO5/c1-5-9(12-10(15)6-2)11(16-7(3)13)17-8(4)14/h6,9,11H,2,5H2,1,3-4H3,(H,12,15). The molecule has 0 aromatic heterocycles. The molecule has 96 valence electrons. The molecule has 1 N–H and O–H groups in total. The number of rotatable bonds is 6. The van der Waals surface area contributed by atoms with Crippen molar-refractivity contribution in [3.8, 4) is 0 Å². The molecule has 0 radical (unpaired) electrons. The number of hydrogen-bond donors (Lipinski definition) is 1. The van der Waals surface area contributed by atoms with Crippen molar-refractivity contribution in [2.45, 2.75) is 39.5 Å². The van der Waals surface area contributed by atoms with Crippen molar-refractivity contribution in [2.24, 2.45) is 0 Å². The number of esters is 2. The van der Waals surface area contributed by atoms with Crippen LogP contribution in [0, 0.1) is 0 Å². The van der Waals surface area contributed by atoms with E-state index in [0.29, 0.717) is 6.42 Å². The first-order valence-corrected chi connectivity index (χ1v) is 5.18. The van der Waals surface area contributed by atoms with Gasteiger partial charge in [0.25, 0.3) is 6.29 Å². The highest BCUT2D eigenvalue weighted by atomic mass is 16.7. The number of amides is 1. The number of carbonyl (C=O) groups excluding carboxylic acids is 3. The van der Waals surface area contributed by atoms with Crippen molar-refractivity contribution in [2.75, 3.05) is 0 Å². The van der Waals surface area contributed by atoms with Gasteiger partial charge >= 0.3 is 11.9 Å². The molecular formula is C11H17NO5. The van der Waals surface area contributed by atoms with E-state index in [0.717, 1.165) is 6.08 Å². The Labute approximate surface area is 100.0 Å². The monoisotopic (exact) mass is 243 g/mol. The largest absolute Gasteiger partial charge is 0.423 e. The van der Waals surface area contributed by atoms with E-state index in [1.807, 2.05) is 0 Å². The molecule has 1 amide bonds. The van der Waals surface area contributed by atoms with Crippen LogP contribution in [0.15, 0.2) is 12.7 Å². The maximum absolute atomic E-state index is 11.1. The normalized spacial score (nSPS) is 11.5. The van der Waals surface area contributed by atoms with Gasteiger partial charge in [0.1, 0.15) is 6.04 Å². The fourth-order valence-corrected chi connectivity index (χ4v) is 1.12. The lowest BCUT2D eigenvalue weighted by Gasteiger charge is -2.25. The van der Waals surface area contributed by atoms with Crippen molar-refractivity contribution >= 4 is 17.8 Å². The first-order chi connectivity index (χ1) is 7.90. The number of ether oxygens (including phenoxy) is 2. The Balaban J connectivity index is 4.69. The molecule has 0 saturated heterocycles. The smallest absolute Gasteiger partial charge is 0.305 e. The highest BCUT2D eigenvalue weighted by Crippen LogP contribution is 2.07. The zero-order valence-electron chi connectivity index (χ0n) is 10.2. The Bertz CT molecular complexity index is 297. The van der Waals surface area contributed by atoms with Crippen molar-refractivity contribution in [1.29, 1.82) is 0 Å². The number of carbonyl (C=O) groups is 3. The Morgan fingerprint density at radius 2 is 1.71 bits per heavy atom. The summed E-state index contributed by atoms with van der Waals surface area (Å²) in [4.78, 5) is 32.9. The van der Waals surface area contributed by atoms with E-state index >= 15 is 0 Å². The van der Waals surface area contributed by atoms with Crippen molar-refractivity contribution < 1.29 is 23.9 Å². The highest BCUT2D eigenvalue weighted by Gasteiger charge is 2.26. The van der Waals surface area contributed by atoms with Crippen LogP contribution in [0.3, 0.4) is 0 Å². The van der Waals surface area contributed by atoms with Gasteiger partial charge in [-0.2, -0.15) is 0 Å². The molecule has 0 aliphatic carbocycles. The van der Waals surface area contributed by atoms with E-state index in [2.05, 4.69) is 11.9 Å². The molecular weight excluding hydrogens is 226 g/mol. The first-order valence-electron chi connectivity index (χ1n) is 5.18. The van der Waals surface area contributed by atoms with E-state index < -0.39 is 30.2 Å². The summed E-state index contributed by atoms with van der Waals surface area (Å²) in [5.74, 6) is -1.62. The lowest BCUT2D eigenvalue weighted by Crippen LogP contribution is -2.46. The second-order valence-electron chi connectivity index (χ2n) is 3.31. The molecule has 0 heterocycles. The van der Waals surface area contributed by atoms with Gasteiger partial charge in [0.05, 0.1) is 0 Å². The molecule has 6 nitrogen and oxygen atoms in total. The molecule has 0 rings (SSSR count). The van der Waals surface area contributed by atoms with Gasteiger partial charge in [-0.15, -0.1) is 0 Å². The summed E-state index contributed by atoms with van der Waals surface area (Å²) in [5.41, 5.74) is 0. The van der Waals surface area contributed by atoms with Crippen molar-refractivity contribution in [1.82, 2.24) is 5.32 Å². The Morgan fingerprint density at radius 1 is 1.24 bits per heavy atom. The minimum atomic E-state index is -1.13. The van der Waals surface area contributed by atoms with Gasteiger partial charge in [-0.25, -0.2) is 0 Å². The lowest BCUT2D eigenvalue weighted by atomic mass is 10.2. The van der Waals surface area contributed by atoms with Crippen molar-refractivity contribution in [3.05, 3.63) is 12.7 Å². The molecule has 0 aliphatic heterocycles. The van der Waals surface area contributed by atoms with Gasteiger partial charge in [0.15, 0.2) is 0 Å². The molecule has 0 aromatic carbocycles. The van der Waals surface area contributed by atoms with Crippen LogP contribution in [0.4, 0.5) is 0 Å². The van der Waals surface area contributed by atoms with E-state index in [1.54, 1.807) is 6.92 Å². The average Bonchev–Trinajstić information content (AvgIpc) is 2.23. The first kappa shape index (κ1) is 15.2. The fourth-order valence-electron chi connectivity index (χ4n) is 1.12. The average molecular weight is 243 g/mol. The van der Waals surface area contributed by atoms with Crippen molar-refractivity contribution in [3.63, 3.8) is 0 Å². The molecule has 0 aromatic rings. The molecule has 1 atom stereocenters. The third-order valence-corrected chi connectivity index (χ3v) is 1.85. The predicted octanol–water partition coefficient (Wildman–Crippen LogP) is 0.519. The van der Waals surface area contributed by atoms with Gasteiger partial charge in [-0.1, -0.05) is 13.5 Å². The summed E-state index contributed by atoms with van der Waals surface area (Å²) in [7, 11) is 0. The molecule has 6 heteroatoms. The van der Waals surface area contributed by atoms with Gasteiger partial charge in [-0.05, 0) is 12.5 Å². The van der Waals surface area contributed by atoms with Crippen LogP contribution in [0.2, 0.25) is 0 Å². The third-order valence-electron chi connectivity index (χ3n) is 1.85. The third kappa shape index (κ3) is 6.34. The van der Waals surface area contributed by atoms with E-state index in [4.69, 9.17) is 9.47 Å². The summed E-state index contributed by atoms with van der Waals surface area (Å²) >= 11 is 0. The summed E-state index contributed by atoms with van der Waals surface area (Å²) < 4.78 is 9.66. The topological polar surface area (TPSA) is 81.7 Å². The molecule has 0 spiro atoms. The van der Waals surface area contributed by atoms with Crippen LogP contribution in [0.25, 0.3) is 0 Å². The van der Waals surface area contributed by atoms with E-state index in [-0.39, 0.29) is 0 Å². The molecule has 17 heavy (non-hydrogen) atoms. The lowest BCUT2D eigenvalue weighted by molar-refractivity contribution is -0.190. The Kier molecular flexibility index (Phi) is 6.62. The zero-order chi connectivity index (χ0) is 13.4. The van der Waals surface area contributed by atoms with E-state index in [9.17, 15) is 14.4 Å². The van der Waals surface area contributed by atoms with Crippen LogP contribution in [0.1, 0.15) is 27.2 Å². The number of hydrogen-bond acceptors (Lipinski definition) is 5. The van der Waals surface area contributed by atoms with Gasteiger partial charge < -0.3 is 14.8 Å². The SMILES string of the molecule is C=CC(=O)NC(CC)C(OC(C)=O)OC(C)=O. The van der Waals surface area contributed by atoms with Crippen LogP contribution in [-0.2, 0) is 23.9 Å². The zero-order valence-corrected chi connectivity index (χ0v) is 10.2.